The minimum atomic E-state index is 0.776. The van der Waals surface area contributed by atoms with Crippen LogP contribution in [-0.4, -0.2) is 31.3 Å². The largest absolute Gasteiger partial charge is 0.378 e. The van der Waals surface area contributed by atoms with E-state index in [1.807, 2.05) is 11.3 Å². The van der Waals surface area contributed by atoms with Crippen LogP contribution in [0.1, 0.15) is 0 Å². The van der Waals surface area contributed by atoms with Gasteiger partial charge in [-0.15, -0.1) is 11.3 Å². The molecule has 2 aromatic carbocycles. The third kappa shape index (κ3) is 2.02. The number of nitrogens with zero attached hydrogens (tertiary/aromatic N) is 2. The van der Waals surface area contributed by atoms with Crippen molar-refractivity contribution in [1.29, 1.82) is 0 Å². The highest BCUT2D eigenvalue weighted by molar-refractivity contribution is 7.26. The van der Waals surface area contributed by atoms with Crippen LogP contribution in [0.4, 0.5) is 5.82 Å². The van der Waals surface area contributed by atoms with Crippen molar-refractivity contribution < 1.29 is 4.74 Å². The number of thiophene rings is 1. The quantitative estimate of drug-likeness (QED) is 0.518. The second-order valence-electron chi connectivity index (χ2n) is 5.86. The van der Waals surface area contributed by atoms with Gasteiger partial charge in [0, 0.05) is 33.9 Å². The molecule has 4 heteroatoms. The first-order valence-electron chi connectivity index (χ1n) is 7.94. The fourth-order valence-electron chi connectivity index (χ4n) is 3.38. The number of ether oxygens (including phenoxy) is 1. The molecule has 2 aromatic heterocycles. The molecule has 23 heavy (non-hydrogen) atoms. The Morgan fingerprint density at radius 1 is 0.870 bits per heavy atom. The van der Waals surface area contributed by atoms with Gasteiger partial charge in [-0.05, 0) is 6.07 Å². The third-order valence-electron chi connectivity index (χ3n) is 4.51. The smallest absolute Gasteiger partial charge is 0.137 e. The molecule has 0 bridgehead atoms. The minimum Gasteiger partial charge on any atom is -0.378 e. The van der Waals surface area contributed by atoms with Gasteiger partial charge in [0.2, 0.25) is 0 Å². The first kappa shape index (κ1) is 13.3. The van der Waals surface area contributed by atoms with Crippen LogP contribution in [0.25, 0.3) is 31.1 Å². The van der Waals surface area contributed by atoms with E-state index < -0.39 is 0 Å². The second kappa shape index (κ2) is 5.18. The van der Waals surface area contributed by atoms with Crippen LogP contribution in [0.15, 0.2) is 48.5 Å². The molecule has 3 heterocycles. The third-order valence-corrected chi connectivity index (χ3v) is 5.70. The highest BCUT2D eigenvalue weighted by atomic mass is 32.1. The second-order valence-corrected chi connectivity index (χ2v) is 6.91. The normalized spacial score (nSPS) is 15.7. The maximum Gasteiger partial charge on any atom is 0.137 e. The van der Waals surface area contributed by atoms with E-state index in [2.05, 4.69) is 53.4 Å². The number of rotatable bonds is 1. The predicted octanol–water partition coefficient (Wildman–Crippen LogP) is 4.44. The van der Waals surface area contributed by atoms with Crippen molar-refractivity contribution >= 4 is 48.2 Å². The Bertz CT molecular complexity index is 1020. The SMILES string of the molecule is c1ccc2c(c1)sc1c3ccccc3c(N3CCOCC3)nc21. The highest BCUT2D eigenvalue weighted by Crippen LogP contribution is 2.40. The van der Waals surface area contributed by atoms with Crippen molar-refractivity contribution in [2.45, 2.75) is 0 Å². The lowest BCUT2D eigenvalue weighted by Crippen LogP contribution is -2.36. The van der Waals surface area contributed by atoms with Gasteiger partial charge in [0.25, 0.3) is 0 Å². The average molecular weight is 320 g/mol. The van der Waals surface area contributed by atoms with Gasteiger partial charge >= 0.3 is 0 Å². The number of fused-ring (bicyclic) bond motifs is 5. The monoisotopic (exact) mass is 320 g/mol. The molecule has 3 nitrogen and oxygen atoms in total. The van der Waals surface area contributed by atoms with Crippen LogP contribution >= 0.6 is 11.3 Å². The van der Waals surface area contributed by atoms with Gasteiger partial charge in [-0.3, -0.25) is 0 Å². The summed E-state index contributed by atoms with van der Waals surface area (Å²) in [5, 5.41) is 3.81. The topological polar surface area (TPSA) is 25.4 Å². The summed E-state index contributed by atoms with van der Waals surface area (Å²) in [5.41, 5.74) is 1.13. The van der Waals surface area contributed by atoms with Crippen LogP contribution in [0, 0.1) is 0 Å². The molecule has 1 fully saturated rings. The molecule has 0 spiro atoms. The lowest BCUT2D eigenvalue weighted by molar-refractivity contribution is 0.122. The summed E-state index contributed by atoms with van der Waals surface area (Å²) in [6, 6.07) is 17.2. The zero-order valence-corrected chi connectivity index (χ0v) is 13.5. The van der Waals surface area contributed by atoms with Crippen molar-refractivity contribution in [3.8, 4) is 0 Å². The van der Waals surface area contributed by atoms with Crippen molar-refractivity contribution in [1.82, 2.24) is 4.98 Å². The van der Waals surface area contributed by atoms with Gasteiger partial charge in [0.05, 0.1) is 23.4 Å². The number of anilines is 1. The molecule has 0 aliphatic carbocycles. The van der Waals surface area contributed by atoms with Gasteiger partial charge < -0.3 is 9.64 Å². The maximum atomic E-state index is 5.51. The number of benzene rings is 2. The Hall–Kier alpha value is -2.17. The van der Waals surface area contributed by atoms with Gasteiger partial charge in [-0.2, -0.15) is 0 Å². The Morgan fingerprint density at radius 2 is 1.57 bits per heavy atom. The lowest BCUT2D eigenvalue weighted by Gasteiger charge is -2.29. The molecule has 0 atom stereocenters. The number of hydrogen-bond acceptors (Lipinski definition) is 4. The Labute approximate surface area is 138 Å². The summed E-state index contributed by atoms with van der Waals surface area (Å²) < 4.78 is 8.10. The zero-order valence-electron chi connectivity index (χ0n) is 12.7. The summed E-state index contributed by atoms with van der Waals surface area (Å²) in [7, 11) is 0. The lowest BCUT2D eigenvalue weighted by atomic mass is 10.1. The number of aromatic nitrogens is 1. The molecule has 1 aliphatic rings. The Balaban J connectivity index is 1.89. The summed E-state index contributed by atoms with van der Waals surface area (Å²) in [6.07, 6.45) is 0. The molecule has 114 valence electrons. The molecule has 0 N–H and O–H groups in total. The number of hydrogen-bond donors (Lipinski definition) is 0. The van der Waals surface area contributed by atoms with Crippen LogP contribution in [0.2, 0.25) is 0 Å². The summed E-state index contributed by atoms with van der Waals surface area (Å²) in [6.45, 7) is 3.37. The van der Waals surface area contributed by atoms with Gasteiger partial charge in [0.15, 0.2) is 0 Å². The number of pyridine rings is 1. The predicted molar refractivity (Wildman–Crippen MR) is 97.7 cm³/mol. The van der Waals surface area contributed by atoms with Gasteiger partial charge in [-0.1, -0.05) is 42.5 Å². The van der Waals surface area contributed by atoms with Crippen LogP contribution in [0.5, 0.6) is 0 Å². The molecular weight excluding hydrogens is 304 g/mol. The molecule has 4 aromatic rings. The minimum absolute atomic E-state index is 0.776. The van der Waals surface area contributed by atoms with Gasteiger partial charge in [0.1, 0.15) is 5.82 Å². The fourth-order valence-corrected chi connectivity index (χ4v) is 4.57. The molecule has 0 radical (unpaired) electrons. The van der Waals surface area contributed by atoms with Crippen molar-refractivity contribution in [3.63, 3.8) is 0 Å². The highest BCUT2D eigenvalue weighted by Gasteiger charge is 2.19. The van der Waals surface area contributed by atoms with Crippen LogP contribution < -0.4 is 4.90 Å². The maximum absolute atomic E-state index is 5.51. The first-order valence-corrected chi connectivity index (χ1v) is 8.76. The van der Waals surface area contributed by atoms with E-state index in [0.717, 1.165) is 37.6 Å². The van der Waals surface area contributed by atoms with E-state index >= 15 is 0 Å². The summed E-state index contributed by atoms with van der Waals surface area (Å²) in [5.74, 6) is 1.10. The summed E-state index contributed by atoms with van der Waals surface area (Å²) in [4.78, 5) is 7.45. The standard InChI is InChI=1S/C19H16N2OS/c1-2-6-14-13(5-1)18-17(15-7-3-4-8-16(15)23-18)20-19(14)21-9-11-22-12-10-21/h1-8H,9-12H2. The Morgan fingerprint density at radius 3 is 2.39 bits per heavy atom. The summed E-state index contributed by atoms with van der Waals surface area (Å²) >= 11 is 1.84. The molecule has 5 rings (SSSR count). The van der Waals surface area contributed by atoms with E-state index in [9.17, 15) is 0 Å². The van der Waals surface area contributed by atoms with Crippen molar-refractivity contribution in [2.24, 2.45) is 0 Å². The van der Waals surface area contributed by atoms with E-state index in [-0.39, 0.29) is 0 Å². The van der Waals surface area contributed by atoms with Crippen LogP contribution in [0.3, 0.4) is 0 Å². The first-order chi connectivity index (χ1) is 11.4. The molecular formula is C19H16N2OS. The van der Waals surface area contributed by atoms with Crippen molar-refractivity contribution in [2.75, 3.05) is 31.2 Å². The molecule has 1 saturated heterocycles. The molecule has 0 amide bonds. The van der Waals surface area contributed by atoms with E-state index in [0.29, 0.717) is 0 Å². The Kier molecular flexibility index (Phi) is 2.99. The van der Waals surface area contributed by atoms with Gasteiger partial charge in [-0.25, -0.2) is 4.98 Å². The van der Waals surface area contributed by atoms with Crippen LogP contribution in [-0.2, 0) is 4.74 Å². The molecule has 1 aliphatic heterocycles. The van der Waals surface area contributed by atoms with E-state index in [4.69, 9.17) is 9.72 Å². The molecule has 0 unspecified atom stereocenters. The van der Waals surface area contributed by atoms with Crippen molar-refractivity contribution in [3.05, 3.63) is 48.5 Å². The van der Waals surface area contributed by atoms with E-state index in [1.165, 1.54) is 25.6 Å². The average Bonchev–Trinajstić information content (AvgIpc) is 3.01. The fraction of sp³-hybridized carbons (Fsp3) is 0.211. The van der Waals surface area contributed by atoms with E-state index in [1.54, 1.807) is 0 Å². The zero-order chi connectivity index (χ0) is 15.2. The molecule has 0 saturated carbocycles. The number of morpholine rings is 1.